The van der Waals surface area contributed by atoms with Gasteiger partial charge in [0.15, 0.2) is 0 Å². The Hall–Kier alpha value is -1.34. The van der Waals surface area contributed by atoms with Gasteiger partial charge in [-0.2, -0.15) is 5.48 Å². The average Bonchev–Trinajstić information content (AvgIpc) is 2.19. The summed E-state index contributed by atoms with van der Waals surface area (Å²) in [7, 11) is 0. The summed E-state index contributed by atoms with van der Waals surface area (Å²) in [4.78, 5) is 0. The van der Waals surface area contributed by atoms with Gasteiger partial charge < -0.3 is 10.3 Å². The lowest BCUT2D eigenvalue weighted by Crippen LogP contribution is -2.19. The molecule has 1 atom stereocenters. The Morgan fingerprint density at radius 1 is 1.27 bits per heavy atom. The zero-order valence-corrected chi connectivity index (χ0v) is 8.86. The predicted molar refractivity (Wildman–Crippen MR) is 58.2 cm³/mol. The monoisotopic (exact) mass is 205 g/mol. The van der Waals surface area contributed by atoms with Gasteiger partial charge in [-0.3, -0.25) is 0 Å². The smallest absolute Gasteiger partial charge is 0.120 e. The third-order valence-electron chi connectivity index (χ3n) is 1.78. The molecule has 0 spiro atoms. The van der Waals surface area contributed by atoms with Crippen molar-refractivity contribution in [2.45, 2.75) is 25.5 Å². The minimum atomic E-state index is -1.05. The van der Waals surface area contributed by atoms with Crippen LogP contribution in [0.3, 0.4) is 0 Å². The quantitative estimate of drug-likeness (QED) is 0.506. The molecule has 0 saturated carbocycles. The van der Waals surface area contributed by atoms with Crippen molar-refractivity contribution in [3.8, 4) is 11.8 Å². The largest absolute Gasteiger partial charge is 0.378 e. The molecule has 0 saturated heterocycles. The van der Waals surface area contributed by atoms with Gasteiger partial charge in [-0.05, 0) is 19.4 Å². The maximum absolute atomic E-state index is 9.43. The lowest BCUT2D eigenvalue weighted by Gasteiger charge is -2.11. The Kier molecular flexibility index (Phi) is 3.87. The van der Waals surface area contributed by atoms with Gasteiger partial charge in [0, 0.05) is 0 Å². The lowest BCUT2D eigenvalue weighted by atomic mass is 10.1. The SMILES string of the molecule is CC(C)(O)C#C[C@H](NO)c1ccccc1. The van der Waals surface area contributed by atoms with Crippen molar-refractivity contribution < 1.29 is 10.3 Å². The zero-order valence-electron chi connectivity index (χ0n) is 8.86. The average molecular weight is 205 g/mol. The Balaban J connectivity index is 2.85. The van der Waals surface area contributed by atoms with Crippen molar-refractivity contribution in [2.24, 2.45) is 0 Å². The molecule has 3 nitrogen and oxygen atoms in total. The van der Waals surface area contributed by atoms with Crippen molar-refractivity contribution in [1.29, 1.82) is 0 Å². The third kappa shape index (κ3) is 4.13. The van der Waals surface area contributed by atoms with Crippen LogP contribution in [0.25, 0.3) is 0 Å². The summed E-state index contributed by atoms with van der Waals surface area (Å²) >= 11 is 0. The van der Waals surface area contributed by atoms with Crippen molar-refractivity contribution in [3.63, 3.8) is 0 Å². The van der Waals surface area contributed by atoms with Crippen LogP contribution in [0.5, 0.6) is 0 Å². The molecule has 0 aliphatic carbocycles. The summed E-state index contributed by atoms with van der Waals surface area (Å²) in [5, 5.41) is 18.4. The first-order chi connectivity index (χ1) is 7.03. The summed E-state index contributed by atoms with van der Waals surface area (Å²) < 4.78 is 0. The first-order valence-electron chi connectivity index (χ1n) is 4.72. The van der Waals surface area contributed by atoms with Crippen LogP contribution in [0.1, 0.15) is 25.5 Å². The fourth-order valence-corrected chi connectivity index (χ4v) is 1.08. The van der Waals surface area contributed by atoms with Crippen LogP contribution in [0.15, 0.2) is 30.3 Å². The van der Waals surface area contributed by atoms with E-state index in [1.54, 1.807) is 13.8 Å². The van der Waals surface area contributed by atoms with Gasteiger partial charge in [0.25, 0.3) is 0 Å². The Bertz CT molecular complexity index is 357. The molecule has 3 N–H and O–H groups in total. The highest BCUT2D eigenvalue weighted by Gasteiger charge is 2.09. The van der Waals surface area contributed by atoms with Gasteiger partial charge in [-0.15, -0.1) is 0 Å². The molecule has 0 heterocycles. The zero-order chi connectivity index (χ0) is 11.3. The molecule has 0 amide bonds. The molecule has 1 aromatic rings. The Morgan fingerprint density at radius 3 is 2.33 bits per heavy atom. The summed E-state index contributed by atoms with van der Waals surface area (Å²) in [6.45, 7) is 3.19. The van der Waals surface area contributed by atoms with E-state index in [9.17, 15) is 5.11 Å². The molecule has 0 bridgehead atoms. The molecular formula is C12H15NO2. The van der Waals surface area contributed by atoms with Crippen LogP contribution in [0, 0.1) is 11.8 Å². The molecule has 0 aliphatic rings. The summed E-state index contributed by atoms with van der Waals surface area (Å²) in [5.74, 6) is 5.42. The molecule has 80 valence electrons. The van der Waals surface area contributed by atoms with Gasteiger partial charge in [0.05, 0.1) is 0 Å². The summed E-state index contributed by atoms with van der Waals surface area (Å²) in [6.07, 6.45) is 0. The van der Waals surface area contributed by atoms with E-state index < -0.39 is 11.6 Å². The van der Waals surface area contributed by atoms with Crippen LogP contribution in [-0.2, 0) is 0 Å². The maximum Gasteiger partial charge on any atom is 0.120 e. The molecule has 1 rings (SSSR count). The molecule has 1 aromatic carbocycles. The fourth-order valence-electron chi connectivity index (χ4n) is 1.08. The van der Waals surface area contributed by atoms with E-state index in [-0.39, 0.29) is 0 Å². The first kappa shape index (κ1) is 11.7. The Morgan fingerprint density at radius 2 is 1.87 bits per heavy atom. The van der Waals surface area contributed by atoms with Gasteiger partial charge >= 0.3 is 0 Å². The summed E-state index contributed by atoms with van der Waals surface area (Å²) in [5.41, 5.74) is 1.91. The number of aliphatic hydroxyl groups is 1. The second-order valence-corrected chi connectivity index (χ2v) is 3.80. The molecule has 0 radical (unpaired) electrons. The second-order valence-electron chi connectivity index (χ2n) is 3.80. The minimum Gasteiger partial charge on any atom is -0.378 e. The van der Waals surface area contributed by atoms with E-state index in [4.69, 9.17) is 5.21 Å². The van der Waals surface area contributed by atoms with Crippen molar-refractivity contribution >= 4 is 0 Å². The molecule has 0 aromatic heterocycles. The fraction of sp³-hybridized carbons (Fsp3) is 0.333. The number of hydrogen-bond donors (Lipinski definition) is 3. The molecular weight excluding hydrogens is 190 g/mol. The van der Waals surface area contributed by atoms with E-state index in [1.807, 2.05) is 30.3 Å². The Labute approximate surface area is 89.7 Å². The van der Waals surface area contributed by atoms with E-state index in [0.29, 0.717) is 0 Å². The van der Waals surface area contributed by atoms with E-state index in [2.05, 4.69) is 17.3 Å². The highest BCUT2D eigenvalue weighted by atomic mass is 16.5. The highest BCUT2D eigenvalue weighted by Crippen LogP contribution is 2.11. The van der Waals surface area contributed by atoms with E-state index >= 15 is 0 Å². The van der Waals surface area contributed by atoms with E-state index in [1.165, 1.54) is 0 Å². The van der Waals surface area contributed by atoms with Crippen molar-refractivity contribution in [1.82, 2.24) is 5.48 Å². The molecule has 0 aliphatic heterocycles. The van der Waals surface area contributed by atoms with Crippen LogP contribution >= 0.6 is 0 Å². The molecule has 3 heteroatoms. The first-order valence-corrected chi connectivity index (χ1v) is 4.72. The predicted octanol–water partition coefficient (Wildman–Crippen LogP) is 1.48. The normalized spacial score (nSPS) is 12.8. The van der Waals surface area contributed by atoms with Gasteiger partial charge in [-0.25, -0.2) is 0 Å². The molecule has 0 unspecified atom stereocenters. The lowest BCUT2D eigenvalue weighted by molar-refractivity contribution is 0.139. The van der Waals surface area contributed by atoms with Crippen LogP contribution in [-0.4, -0.2) is 15.9 Å². The van der Waals surface area contributed by atoms with Gasteiger partial charge in [0.2, 0.25) is 0 Å². The van der Waals surface area contributed by atoms with Gasteiger partial charge in [0.1, 0.15) is 11.6 Å². The van der Waals surface area contributed by atoms with Crippen molar-refractivity contribution in [2.75, 3.05) is 0 Å². The van der Waals surface area contributed by atoms with Crippen LogP contribution in [0.2, 0.25) is 0 Å². The molecule has 15 heavy (non-hydrogen) atoms. The summed E-state index contributed by atoms with van der Waals surface area (Å²) in [6, 6.07) is 8.86. The topological polar surface area (TPSA) is 52.5 Å². The van der Waals surface area contributed by atoms with Crippen LogP contribution < -0.4 is 5.48 Å². The number of benzene rings is 1. The van der Waals surface area contributed by atoms with Crippen LogP contribution in [0.4, 0.5) is 0 Å². The second kappa shape index (κ2) is 4.94. The number of nitrogens with one attached hydrogen (secondary N) is 1. The number of hydroxylamine groups is 1. The number of hydrogen-bond acceptors (Lipinski definition) is 3. The molecule has 0 fully saturated rings. The highest BCUT2D eigenvalue weighted by molar-refractivity contribution is 5.28. The number of rotatable bonds is 2. The minimum absolute atomic E-state index is 0.474. The third-order valence-corrected chi connectivity index (χ3v) is 1.78. The van der Waals surface area contributed by atoms with E-state index in [0.717, 1.165) is 5.56 Å². The van der Waals surface area contributed by atoms with Gasteiger partial charge in [-0.1, -0.05) is 42.2 Å². The standard InChI is InChI=1S/C12H15NO2/c1-12(2,14)9-8-11(13-15)10-6-4-3-5-7-10/h3-7,11,13-15H,1-2H3/t11-/m0/s1. The maximum atomic E-state index is 9.43. The van der Waals surface area contributed by atoms with Crippen molar-refractivity contribution in [3.05, 3.63) is 35.9 Å².